The van der Waals surface area contributed by atoms with Crippen LogP contribution in [0.5, 0.6) is 11.5 Å². The molecular weight excluding hydrogens is 282 g/mol. The van der Waals surface area contributed by atoms with Crippen LogP contribution in [-0.4, -0.2) is 18.5 Å². The summed E-state index contributed by atoms with van der Waals surface area (Å²) in [5, 5.41) is 2.62. The third kappa shape index (κ3) is 3.85. The molecule has 2 rings (SSSR count). The lowest BCUT2D eigenvalue weighted by atomic mass is 10.2. The van der Waals surface area contributed by atoms with Crippen LogP contribution in [0.15, 0.2) is 48.5 Å². The molecule has 5 nitrogen and oxygen atoms in total. The summed E-state index contributed by atoms with van der Waals surface area (Å²) < 4.78 is 10.8. The Kier molecular flexibility index (Phi) is 5.14. The second kappa shape index (κ2) is 7.26. The molecule has 0 aliphatic rings. The van der Waals surface area contributed by atoms with Crippen molar-refractivity contribution in [1.29, 1.82) is 0 Å². The van der Waals surface area contributed by atoms with Crippen LogP contribution in [0.2, 0.25) is 0 Å². The molecule has 0 spiro atoms. The Morgan fingerprint density at radius 2 is 1.64 bits per heavy atom. The molecule has 0 saturated heterocycles. The number of esters is 1. The van der Waals surface area contributed by atoms with E-state index in [0.717, 1.165) is 0 Å². The highest BCUT2D eigenvalue weighted by Gasteiger charge is 2.16. The largest absolute Gasteiger partial charge is 0.493 e. The van der Waals surface area contributed by atoms with E-state index in [0.29, 0.717) is 23.6 Å². The van der Waals surface area contributed by atoms with E-state index in [9.17, 15) is 9.59 Å². The summed E-state index contributed by atoms with van der Waals surface area (Å²) in [6, 6.07) is 13.6. The Hall–Kier alpha value is -2.82. The highest BCUT2D eigenvalue weighted by Crippen LogP contribution is 2.26. The van der Waals surface area contributed by atoms with Crippen LogP contribution in [0, 0.1) is 0 Å². The Morgan fingerprint density at radius 3 is 2.32 bits per heavy atom. The fourth-order valence-electron chi connectivity index (χ4n) is 1.92. The van der Waals surface area contributed by atoms with Gasteiger partial charge in [0.2, 0.25) is 5.91 Å². The highest BCUT2D eigenvalue weighted by molar-refractivity contribution is 5.96. The van der Waals surface area contributed by atoms with Crippen LogP contribution in [0.25, 0.3) is 0 Å². The van der Waals surface area contributed by atoms with Crippen LogP contribution in [0.4, 0.5) is 5.69 Å². The summed E-state index contributed by atoms with van der Waals surface area (Å²) in [4.78, 5) is 23.5. The van der Waals surface area contributed by atoms with Gasteiger partial charge in [-0.15, -0.1) is 0 Å². The van der Waals surface area contributed by atoms with Crippen molar-refractivity contribution < 1.29 is 19.1 Å². The number of para-hydroxylation sites is 3. The van der Waals surface area contributed by atoms with E-state index < -0.39 is 5.97 Å². The molecule has 0 saturated carbocycles. The van der Waals surface area contributed by atoms with Crippen molar-refractivity contribution in [1.82, 2.24) is 0 Å². The van der Waals surface area contributed by atoms with E-state index in [1.54, 1.807) is 48.5 Å². The number of anilines is 1. The zero-order valence-electron chi connectivity index (χ0n) is 12.5. The average Bonchev–Trinajstić information content (AvgIpc) is 2.49. The number of ether oxygens (including phenoxy) is 2. The number of nitrogens with one attached hydrogen (secondary N) is 1. The Bertz CT molecular complexity index is 682. The quantitative estimate of drug-likeness (QED) is 0.680. The van der Waals surface area contributed by atoms with Crippen LogP contribution >= 0.6 is 0 Å². The van der Waals surface area contributed by atoms with Gasteiger partial charge >= 0.3 is 5.97 Å². The van der Waals surface area contributed by atoms with Crippen LogP contribution in [0.1, 0.15) is 24.2 Å². The zero-order valence-corrected chi connectivity index (χ0v) is 12.5. The monoisotopic (exact) mass is 299 g/mol. The predicted octanol–water partition coefficient (Wildman–Crippen LogP) is 3.26. The normalized spacial score (nSPS) is 9.91. The third-order valence-corrected chi connectivity index (χ3v) is 2.81. The molecule has 1 amide bonds. The van der Waals surface area contributed by atoms with Gasteiger partial charge in [-0.3, -0.25) is 4.79 Å². The minimum Gasteiger partial charge on any atom is -0.493 e. The van der Waals surface area contributed by atoms with E-state index in [2.05, 4.69) is 5.32 Å². The molecule has 0 aliphatic heterocycles. The topological polar surface area (TPSA) is 64.6 Å². The molecule has 0 atom stereocenters. The molecule has 0 heterocycles. The Morgan fingerprint density at radius 1 is 1.00 bits per heavy atom. The molecule has 0 radical (unpaired) electrons. The van der Waals surface area contributed by atoms with Gasteiger partial charge in [-0.2, -0.15) is 0 Å². The zero-order chi connectivity index (χ0) is 15.9. The van der Waals surface area contributed by atoms with E-state index in [1.807, 2.05) is 6.92 Å². The summed E-state index contributed by atoms with van der Waals surface area (Å²) >= 11 is 0. The molecule has 0 aliphatic carbocycles. The lowest BCUT2D eigenvalue weighted by Crippen LogP contribution is -2.13. The molecule has 2 aromatic rings. The number of benzene rings is 2. The first-order chi connectivity index (χ1) is 10.6. The SMILES string of the molecule is CCOc1ccccc1C(=O)Oc1ccccc1NC(C)=O. The molecule has 0 unspecified atom stereocenters. The van der Waals surface area contributed by atoms with Gasteiger partial charge in [-0.05, 0) is 31.2 Å². The second-order valence-electron chi connectivity index (χ2n) is 4.50. The predicted molar refractivity (Wildman–Crippen MR) is 83.3 cm³/mol. The maximum absolute atomic E-state index is 12.3. The smallest absolute Gasteiger partial charge is 0.347 e. The summed E-state index contributed by atoms with van der Waals surface area (Å²) in [7, 11) is 0. The van der Waals surface area contributed by atoms with Gasteiger partial charge in [-0.1, -0.05) is 24.3 Å². The minimum absolute atomic E-state index is 0.238. The van der Waals surface area contributed by atoms with Crippen molar-refractivity contribution >= 4 is 17.6 Å². The maximum atomic E-state index is 12.3. The van der Waals surface area contributed by atoms with Crippen molar-refractivity contribution in [2.45, 2.75) is 13.8 Å². The molecule has 2 aromatic carbocycles. The van der Waals surface area contributed by atoms with Gasteiger partial charge in [0.1, 0.15) is 11.3 Å². The number of amides is 1. The summed E-state index contributed by atoms with van der Waals surface area (Å²) in [5.41, 5.74) is 0.777. The third-order valence-electron chi connectivity index (χ3n) is 2.81. The van der Waals surface area contributed by atoms with Gasteiger partial charge in [-0.25, -0.2) is 4.79 Å². The lowest BCUT2D eigenvalue weighted by Gasteiger charge is -2.12. The number of hydrogen-bond donors (Lipinski definition) is 1. The second-order valence-corrected chi connectivity index (χ2v) is 4.50. The van der Waals surface area contributed by atoms with Crippen LogP contribution in [-0.2, 0) is 4.79 Å². The molecule has 0 aromatic heterocycles. The van der Waals surface area contributed by atoms with Crippen molar-refractivity contribution in [2.75, 3.05) is 11.9 Å². The number of rotatable bonds is 5. The molecule has 0 bridgehead atoms. The molecule has 0 fully saturated rings. The standard InChI is InChI=1S/C17H17NO4/c1-3-21-15-10-6-4-8-13(15)17(20)22-16-11-7-5-9-14(16)18-12(2)19/h4-11H,3H2,1-2H3,(H,18,19). The van der Waals surface area contributed by atoms with Gasteiger partial charge < -0.3 is 14.8 Å². The summed E-state index contributed by atoms with van der Waals surface area (Å²) in [5.74, 6) is -0.0268. The fourth-order valence-corrected chi connectivity index (χ4v) is 1.92. The van der Waals surface area contributed by atoms with Gasteiger partial charge in [0.05, 0.1) is 12.3 Å². The first kappa shape index (κ1) is 15.6. The van der Waals surface area contributed by atoms with Gasteiger partial charge in [0, 0.05) is 6.92 Å². The van der Waals surface area contributed by atoms with E-state index in [-0.39, 0.29) is 11.7 Å². The molecular formula is C17H17NO4. The van der Waals surface area contributed by atoms with Crippen LogP contribution in [0.3, 0.4) is 0 Å². The Labute approximate surface area is 128 Å². The number of hydrogen-bond acceptors (Lipinski definition) is 4. The first-order valence-electron chi connectivity index (χ1n) is 6.92. The average molecular weight is 299 g/mol. The maximum Gasteiger partial charge on any atom is 0.347 e. The molecule has 1 N–H and O–H groups in total. The molecule has 22 heavy (non-hydrogen) atoms. The van der Waals surface area contributed by atoms with E-state index >= 15 is 0 Å². The van der Waals surface area contributed by atoms with Crippen molar-refractivity contribution in [3.63, 3.8) is 0 Å². The molecule has 5 heteroatoms. The van der Waals surface area contributed by atoms with Crippen molar-refractivity contribution in [3.05, 3.63) is 54.1 Å². The number of carbonyl (C=O) groups excluding carboxylic acids is 2. The van der Waals surface area contributed by atoms with Crippen molar-refractivity contribution in [3.8, 4) is 11.5 Å². The summed E-state index contributed by atoms with van der Waals surface area (Å²) in [6.45, 7) is 3.68. The highest BCUT2D eigenvalue weighted by atomic mass is 16.5. The number of carbonyl (C=O) groups is 2. The van der Waals surface area contributed by atoms with E-state index in [1.165, 1.54) is 6.92 Å². The molecule has 114 valence electrons. The minimum atomic E-state index is -0.540. The summed E-state index contributed by atoms with van der Waals surface area (Å²) in [6.07, 6.45) is 0. The van der Waals surface area contributed by atoms with Gasteiger partial charge in [0.25, 0.3) is 0 Å². The van der Waals surface area contributed by atoms with Crippen LogP contribution < -0.4 is 14.8 Å². The fraction of sp³-hybridized carbons (Fsp3) is 0.176. The Balaban J connectivity index is 2.24. The lowest BCUT2D eigenvalue weighted by molar-refractivity contribution is -0.114. The van der Waals surface area contributed by atoms with E-state index in [4.69, 9.17) is 9.47 Å². The van der Waals surface area contributed by atoms with Gasteiger partial charge in [0.15, 0.2) is 5.75 Å². The first-order valence-corrected chi connectivity index (χ1v) is 6.92. The van der Waals surface area contributed by atoms with Crippen molar-refractivity contribution in [2.24, 2.45) is 0 Å².